The highest BCUT2D eigenvalue weighted by Gasteiger charge is 2.75. The number of hydrogen-bond donors (Lipinski definition) is 1. The van der Waals surface area contributed by atoms with E-state index >= 15 is 0 Å². The average Bonchev–Trinajstić information content (AvgIpc) is 3.55. The first-order valence-corrected chi connectivity index (χ1v) is 12.9. The Morgan fingerprint density at radius 1 is 1.24 bits per heavy atom. The zero-order valence-corrected chi connectivity index (χ0v) is 21.3. The number of nitrogens with zero attached hydrogens (tertiary/aromatic N) is 2. The van der Waals surface area contributed by atoms with Crippen molar-refractivity contribution in [3.63, 3.8) is 0 Å². The van der Waals surface area contributed by atoms with Crippen LogP contribution in [0, 0.1) is 11.8 Å². The van der Waals surface area contributed by atoms with Crippen molar-refractivity contribution in [2.24, 2.45) is 11.8 Å². The third-order valence-corrected chi connectivity index (χ3v) is 7.66. The Morgan fingerprint density at radius 3 is 2.65 bits per heavy atom. The summed E-state index contributed by atoms with van der Waals surface area (Å²) in [5.41, 5.74) is -0.531. The van der Waals surface area contributed by atoms with Crippen LogP contribution in [0.15, 0.2) is 49.6 Å². The van der Waals surface area contributed by atoms with Crippen LogP contribution in [0.2, 0.25) is 0 Å². The topological polar surface area (TPSA) is 106 Å². The zero-order valence-electron chi connectivity index (χ0n) is 21.3. The van der Waals surface area contributed by atoms with E-state index in [0.29, 0.717) is 30.7 Å². The predicted molar refractivity (Wildman–Crippen MR) is 137 cm³/mol. The molecule has 37 heavy (non-hydrogen) atoms. The van der Waals surface area contributed by atoms with Crippen LogP contribution < -0.4 is 9.64 Å². The van der Waals surface area contributed by atoms with Crippen LogP contribution in [0.1, 0.15) is 32.1 Å². The highest BCUT2D eigenvalue weighted by Crippen LogP contribution is 2.58. The lowest BCUT2D eigenvalue weighted by Gasteiger charge is -2.36. The van der Waals surface area contributed by atoms with Gasteiger partial charge < -0.3 is 29.1 Å². The Labute approximate surface area is 217 Å². The van der Waals surface area contributed by atoms with Crippen molar-refractivity contribution < 1.29 is 33.7 Å². The normalized spacial score (nSPS) is 27.6. The number of allylic oxidation sites excluding steroid dienone is 1. The number of carbonyl (C=O) groups excluding carboxylic acids is 3. The van der Waals surface area contributed by atoms with Gasteiger partial charge >= 0.3 is 5.97 Å². The molecule has 5 atom stereocenters. The van der Waals surface area contributed by atoms with E-state index in [2.05, 4.69) is 13.2 Å². The van der Waals surface area contributed by atoms with Crippen molar-refractivity contribution in [2.45, 2.75) is 49.9 Å². The molecule has 0 aliphatic carbocycles. The molecular formula is C28H36N2O7. The van der Waals surface area contributed by atoms with Gasteiger partial charge in [-0.05, 0) is 56.4 Å². The second-order valence-corrected chi connectivity index (χ2v) is 9.70. The molecule has 3 fully saturated rings. The van der Waals surface area contributed by atoms with E-state index in [-0.39, 0.29) is 38.1 Å². The summed E-state index contributed by atoms with van der Waals surface area (Å²) in [4.78, 5) is 44.0. The third kappa shape index (κ3) is 4.78. The van der Waals surface area contributed by atoms with E-state index in [1.807, 2.05) is 6.08 Å². The number of benzene rings is 1. The lowest BCUT2D eigenvalue weighted by molar-refractivity contribution is -0.155. The largest absolute Gasteiger partial charge is 0.497 e. The van der Waals surface area contributed by atoms with Crippen molar-refractivity contribution in [2.75, 3.05) is 38.3 Å². The monoisotopic (exact) mass is 512 g/mol. The molecule has 1 aromatic rings. The number of rotatable bonds is 13. The maximum atomic E-state index is 14.2. The molecule has 3 saturated heterocycles. The molecule has 1 aromatic carbocycles. The van der Waals surface area contributed by atoms with Crippen molar-refractivity contribution in [1.29, 1.82) is 0 Å². The Bertz CT molecular complexity index is 1030. The van der Waals surface area contributed by atoms with Crippen molar-refractivity contribution in [3.05, 3.63) is 49.6 Å². The molecule has 200 valence electrons. The van der Waals surface area contributed by atoms with Gasteiger partial charge in [-0.15, -0.1) is 13.2 Å². The van der Waals surface area contributed by atoms with E-state index < -0.39 is 35.6 Å². The van der Waals surface area contributed by atoms with Crippen LogP contribution in [-0.4, -0.2) is 79.0 Å². The summed E-state index contributed by atoms with van der Waals surface area (Å²) in [5.74, 6) is -2.10. The summed E-state index contributed by atoms with van der Waals surface area (Å²) in [5, 5.41) is 9.76. The van der Waals surface area contributed by atoms with Crippen LogP contribution in [0.4, 0.5) is 5.69 Å². The lowest BCUT2D eigenvalue weighted by atomic mass is 9.70. The minimum atomic E-state index is -1.15. The van der Waals surface area contributed by atoms with Gasteiger partial charge in [-0.25, -0.2) is 0 Å². The zero-order chi connectivity index (χ0) is 26.6. The molecule has 1 spiro atoms. The highest BCUT2D eigenvalue weighted by molar-refractivity contribution is 6.04. The summed E-state index contributed by atoms with van der Waals surface area (Å²) < 4.78 is 17.2. The molecule has 3 aliphatic rings. The maximum Gasteiger partial charge on any atom is 0.312 e. The van der Waals surface area contributed by atoms with E-state index in [0.717, 1.165) is 12.8 Å². The lowest BCUT2D eigenvalue weighted by Crippen LogP contribution is -2.56. The van der Waals surface area contributed by atoms with Gasteiger partial charge in [0, 0.05) is 18.8 Å². The fourth-order valence-electron chi connectivity index (χ4n) is 6.07. The Morgan fingerprint density at radius 2 is 2.00 bits per heavy atom. The van der Waals surface area contributed by atoms with Gasteiger partial charge in [-0.2, -0.15) is 0 Å². The maximum absolute atomic E-state index is 14.2. The molecule has 2 bridgehead atoms. The number of anilines is 1. The van der Waals surface area contributed by atoms with E-state index in [1.165, 1.54) is 4.90 Å². The fourth-order valence-corrected chi connectivity index (χ4v) is 6.07. The number of esters is 1. The van der Waals surface area contributed by atoms with Gasteiger partial charge in [0.15, 0.2) is 0 Å². The third-order valence-electron chi connectivity index (χ3n) is 7.66. The number of carbonyl (C=O) groups is 3. The number of ether oxygens (including phenoxy) is 3. The van der Waals surface area contributed by atoms with Crippen LogP contribution in [0.5, 0.6) is 5.75 Å². The fraction of sp³-hybridized carbons (Fsp3) is 0.536. The van der Waals surface area contributed by atoms with Gasteiger partial charge in [0.25, 0.3) is 5.91 Å². The van der Waals surface area contributed by atoms with E-state index in [4.69, 9.17) is 14.2 Å². The van der Waals surface area contributed by atoms with Gasteiger partial charge in [0.1, 0.15) is 17.4 Å². The molecule has 9 nitrogen and oxygen atoms in total. The molecule has 0 radical (unpaired) electrons. The van der Waals surface area contributed by atoms with E-state index in [9.17, 15) is 19.5 Å². The Hall–Kier alpha value is -3.17. The Kier molecular flexibility index (Phi) is 8.34. The van der Waals surface area contributed by atoms with E-state index in [1.54, 1.807) is 42.4 Å². The van der Waals surface area contributed by atoms with Gasteiger partial charge in [0.05, 0.1) is 38.3 Å². The molecule has 3 heterocycles. The molecule has 2 amide bonds. The molecule has 3 aliphatic heterocycles. The minimum Gasteiger partial charge on any atom is -0.497 e. The van der Waals surface area contributed by atoms with Gasteiger partial charge in [-0.3, -0.25) is 14.4 Å². The van der Waals surface area contributed by atoms with Gasteiger partial charge in [-0.1, -0.05) is 12.2 Å². The minimum absolute atomic E-state index is 0.0324. The van der Waals surface area contributed by atoms with Crippen LogP contribution in [-0.2, 0) is 23.9 Å². The number of aliphatic hydroxyl groups excluding tert-OH is 1. The number of hydrogen-bond acceptors (Lipinski definition) is 7. The van der Waals surface area contributed by atoms with Crippen LogP contribution >= 0.6 is 0 Å². The van der Waals surface area contributed by atoms with Crippen molar-refractivity contribution in [3.8, 4) is 5.75 Å². The number of fused-ring (bicyclic) bond motifs is 1. The standard InChI is InChI=1S/C28H36N2O7/c1-4-6-7-8-18-36-27(34)22-21-13-14-28(37-21)23(22)25(32)30(16-17-31)24(28)26(33)29(15-5-2)19-9-11-20(35-3)12-10-19/h4-5,9-12,21-24,31H,1-2,6-8,13-18H2,3H3/t21-,22+,23-,24?,28?/m0/s1. The number of likely N-dealkylation sites (tertiary alicyclic amines) is 1. The molecule has 0 saturated carbocycles. The molecule has 1 N–H and O–H groups in total. The highest BCUT2D eigenvalue weighted by atomic mass is 16.6. The molecule has 4 rings (SSSR count). The average molecular weight is 513 g/mol. The SMILES string of the molecule is C=CCCCCOC(=O)[C@@H]1[C@@H]2CCC3(O2)C(C(=O)N(CC=C)c2ccc(OC)cc2)N(CCO)C(=O)[C@H]13. The molecular weight excluding hydrogens is 476 g/mol. The predicted octanol–water partition coefficient (Wildman–Crippen LogP) is 2.48. The summed E-state index contributed by atoms with van der Waals surface area (Å²) in [7, 11) is 1.56. The summed E-state index contributed by atoms with van der Waals surface area (Å²) in [6.07, 6.45) is 6.39. The van der Waals surface area contributed by atoms with Crippen molar-refractivity contribution in [1.82, 2.24) is 4.90 Å². The second kappa shape index (κ2) is 11.5. The van der Waals surface area contributed by atoms with Crippen molar-refractivity contribution >= 4 is 23.5 Å². The summed E-state index contributed by atoms with van der Waals surface area (Å²) in [6, 6.07) is 6.06. The number of β-amino-alcohol motifs (C(OH)–C–C–N with tert-alkyl or cyclic N) is 1. The molecule has 2 unspecified atom stereocenters. The number of unbranched alkanes of at least 4 members (excludes halogenated alkanes) is 2. The number of amides is 2. The first-order chi connectivity index (χ1) is 17.9. The molecule has 0 aromatic heterocycles. The van der Waals surface area contributed by atoms with Crippen LogP contribution in [0.25, 0.3) is 0 Å². The quantitative estimate of drug-likeness (QED) is 0.246. The first-order valence-electron chi connectivity index (χ1n) is 12.9. The van der Waals surface area contributed by atoms with Crippen LogP contribution in [0.3, 0.4) is 0 Å². The smallest absolute Gasteiger partial charge is 0.312 e. The Balaban J connectivity index is 1.62. The first kappa shape index (κ1) is 26.9. The number of methoxy groups -OCH3 is 1. The summed E-state index contributed by atoms with van der Waals surface area (Å²) >= 11 is 0. The number of aliphatic hydroxyl groups is 1. The second-order valence-electron chi connectivity index (χ2n) is 9.70. The summed E-state index contributed by atoms with van der Waals surface area (Å²) in [6.45, 7) is 7.62. The van der Waals surface area contributed by atoms with Gasteiger partial charge in [0.2, 0.25) is 5.91 Å². The molecule has 9 heteroatoms.